The van der Waals surface area contributed by atoms with Gasteiger partial charge in [-0.2, -0.15) is 4.31 Å². The Balaban J connectivity index is 2.04. The van der Waals surface area contributed by atoms with Gasteiger partial charge >= 0.3 is 5.97 Å². The van der Waals surface area contributed by atoms with E-state index in [2.05, 4.69) is 0 Å². The highest BCUT2D eigenvalue weighted by atomic mass is 32.2. The third-order valence-corrected chi connectivity index (χ3v) is 5.84. The number of hydrogen-bond acceptors (Lipinski definition) is 4. The molecule has 7 heteroatoms. The van der Waals surface area contributed by atoms with Crippen molar-refractivity contribution >= 4 is 27.3 Å². The fourth-order valence-electron chi connectivity index (χ4n) is 2.12. The van der Waals surface area contributed by atoms with E-state index in [4.69, 9.17) is 5.11 Å². The molecule has 5 nitrogen and oxygen atoms in total. The van der Waals surface area contributed by atoms with Crippen molar-refractivity contribution in [2.75, 3.05) is 12.3 Å². The zero-order valence-corrected chi connectivity index (χ0v) is 11.4. The molecule has 1 saturated heterocycles. The van der Waals surface area contributed by atoms with Crippen LogP contribution in [0, 0.1) is 0 Å². The lowest BCUT2D eigenvalue weighted by Gasteiger charge is -2.20. The third kappa shape index (κ3) is 2.90. The van der Waals surface area contributed by atoms with Crippen molar-refractivity contribution in [3.63, 3.8) is 0 Å². The molecule has 18 heavy (non-hydrogen) atoms. The van der Waals surface area contributed by atoms with Crippen LogP contribution in [0.4, 0.5) is 0 Å². The molecule has 2 heterocycles. The molecule has 1 aliphatic heterocycles. The highest BCUT2D eigenvalue weighted by molar-refractivity contribution is 7.89. The summed E-state index contributed by atoms with van der Waals surface area (Å²) in [7, 11) is -3.47. The molecule has 1 fully saturated rings. The predicted octanol–water partition coefficient (Wildman–Crippen LogP) is 1.17. The molecule has 1 aliphatic rings. The monoisotopic (exact) mass is 289 g/mol. The molecular formula is C11H15NO4S2. The zero-order valence-electron chi connectivity index (χ0n) is 9.78. The lowest BCUT2D eigenvalue weighted by atomic mass is 10.2. The van der Waals surface area contributed by atoms with Gasteiger partial charge in [0.1, 0.15) is 6.04 Å². The summed E-state index contributed by atoms with van der Waals surface area (Å²) >= 11 is 1.51. The Bertz CT molecular complexity index is 509. The van der Waals surface area contributed by atoms with Gasteiger partial charge in [-0.15, -0.1) is 11.3 Å². The number of carbonyl (C=O) groups is 1. The van der Waals surface area contributed by atoms with E-state index in [0.717, 1.165) is 9.18 Å². The van der Waals surface area contributed by atoms with E-state index in [0.29, 0.717) is 25.8 Å². The average Bonchev–Trinajstić information content (AvgIpc) is 2.98. The van der Waals surface area contributed by atoms with Crippen LogP contribution >= 0.6 is 11.3 Å². The van der Waals surface area contributed by atoms with Crippen LogP contribution < -0.4 is 0 Å². The minimum absolute atomic E-state index is 0.0166. The van der Waals surface area contributed by atoms with Gasteiger partial charge in [-0.25, -0.2) is 8.42 Å². The van der Waals surface area contributed by atoms with E-state index in [9.17, 15) is 13.2 Å². The highest BCUT2D eigenvalue weighted by Gasteiger charge is 2.38. The fourth-order valence-corrected chi connectivity index (χ4v) is 4.66. The summed E-state index contributed by atoms with van der Waals surface area (Å²) in [5.74, 6) is -1.07. The third-order valence-electron chi connectivity index (χ3n) is 3.03. The molecule has 0 amide bonds. The zero-order chi connectivity index (χ0) is 13.2. The number of thiophene rings is 1. The van der Waals surface area contributed by atoms with Crippen LogP contribution in [0.3, 0.4) is 0 Å². The second-order valence-electron chi connectivity index (χ2n) is 4.25. The number of carboxylic acid groups (broad SMARTS) is 1. The standard InChI is InChI=1S/C11H15NO4S2/c13-11(14)10-4-1-6-12(10)18(15,16)8-5-9-3-2-7-17-9/h2-3,7,10H,1,4-6,8H2,(H,13,14)/t10-/m0/s1. The van der Waals surface area contributed by atoms with E-state index in [1.807, 2.05) is 17.5 Å². The Kier molecular flexibility index (Phi) is 4.04. The van der Waals surface area contributed by atoms with Crippen LogP contribution in [-0.2, 0) is 21.2 Å². The van der Waals surface area contributed by atoms with Crippen molar-refractivity contribution < 1.29 is 18.3 Å². The molecule has 0 saturated carbocycles. The van der Waals surface area contributed by atoms with Crippen molar-refractivity contribution in [3.05, 3.63) is 22.4 Å². The summed E-state index contributed by atoms with van der Waals surface area (Å²) in [5.41, 5.74) is 0. The van der Waals surface area contributed by atoms with Crippen LogP contribution in [0.15, 0.2) is 17.5 Å². The maximum Gasteiger partial charge on any atom is 0.322 e. The Morgan fingerprint density at radius 2 is 2.33 bits per heavy atom. The number of aryl methyl sites for hydroxylation is 1. The number of nitrogens with zero attached hydrogens (tertiary/aromatic N) is 1. The summed E-state index contributed by atoms with van der Waals surface area (Å²) in [6.45, 7) is 0.323. The van der Waals surface area contributed by atoms with Gasteiger partial charge in [0.25, 0.3) is 0 Å². The van der Waals surface area contributed by atoms with Gasteiger partial charge in [-0.05, 0) is 30.7 Å². The lowest BCUT2D eigenvalue weighted by Crippen LogP contribution is -2.41. The number of carboxylic acids is 1. The smallest absolute Gasteiger partial charge is 0.322 e. The summed E-state index contributed by atoms with van der Waals surface area (Å²) in [6, 6.07) is 2.89. The van der Waals surface area contributed by atoms with E-state index in [1.54, 1.807) is 0 Å². The molecule has 0 unspecified atom stereocenters. The summed E-state index contributed by atoms with van der Waals surface area (Å²) in [5, 5.41) is 10.9. The molecule has 1 aromatic heterocycles. The molecule has 0 radical (unpaired) electrons. The van der Waals surface area contributed by atoms with E-state index in [-0.39, 0.29) is 5.75 Å². The second-order valence-corrected chi connectivity index (χ2v) is 7.33. The predicted molar refractivity (Wildman–Crippen MR) is 69.2 cm³/mol. The molecule has 0 bridgehead atoms. The first-order valence-corrected chi connectivity index (χ1v) is 8.24. The minimum Gasteiger partial charge on any atom is -0.480 e. The van der Waals surface area contributed by atoms with Crippen LogP contribution in [0.5, 0.6) is 0 Å². The Morgan fingerprint density at radius 1 is 1.56 bits per heavy atom. The van der Waals surface area contributed by atoms with Gasteiger partial charge < -0.3 is 5.11 Å². The van der Waals surface area contributed by atoms with E-state index in [1.165, 1.54) is 11.3 Å². The second kappa shape index (κ2) is 5.38. The van der Waals surface area contributed by atoms with Crippen LogP contribution in [0.1, 0.15) is 17.7 Å². The quantitative estimate of drug-likeness (QED) is 0.883. The Hall–Kier alpha value is -0.920. The molecule has 0 aliphatic carbocycles. The molecule has 1 aromatic rings. The van der Waals surface area contributed by atoms with E-state index >= 15 is 0 Å². The van der Waals surface area contributed by atoms with Crippen LogP contribution in [-0.4, -0.2) is 42.1 Å². The lowest BCUT2D eigenvalue weighted by molar-refractivity contribution is -0.140. The highest BCUT2D eigenvalue weighted by Crippen LogP contribution is 2.22. The minimum atomic E-state index is -3.47. The number of hydrogen-bond donors (Lipinski definition) is 1. The van der Waals surface area contributed by atoms with Crippen molar-refractivity contribution in [1.29, 1.82) is 0 Å². The SMILES string of the molecule is O=C(O)[C@@H]1CCCN1S(=O)(=O)CCc1cccs1. The maximum absolute atomic E-state index is 12.1. The van der Waals surface area contributed by atoms with Crippen LogP contribution in [0.25, 0.3) is 0 Å². The van der Waals surface area contributed by atoms with Crippen LogP contribution in [0.2, 0.25) is 0 Å². The first-order chi connectivity index (χ1) is 8.50. The van der Waals surface area contributed by atoms with E-state index < -0.39 is 22.0 Å². The number of sulfonamides is 1. The Labute approximate surface area is 110 Å². The molecular weight excluding hydrogens is 274 g/mol. The van der Waals surface area contributed by atoms with Gasteiger partial charge in [0.2, 0.25) is 10.0 Å². The Morgan fingerprint density at radius 3 is 2.94 bits per heavy atom. The normalized spacial score (nSPS) is 21.2. The summed E-state index contributed by atoms with van der Waals surface area (Å²) in [4.78, 5) is 12.0. The van der Waals surface area contributed by atoms with Gasteiger partial charge in [-0.1, -0.05) is 6.07 Å². The molecule has 1 atom stereocenters. The molecule has 0 aromatic carbocycles. The molecule has 100 valence electrons. The van der Waals surface area contributed by atoms with Gasteiger partial charge in [-0.3, -0.25) is 4.79 Å². The topological polar surface area (TPSA) is 74.7 Å². The maximum atomic E-state index is 12.1. The van der Waals surface area contributed by atoms with Gasteiger partial charge in [0.15, 0.2) is 0 Å². The van der Waals surface area contributed by atoms with Crippen molar-refractivity contribution in [1.82, 2.24) is 4.31 Å². The summed E-state index contributed by atoms with van der Waals surface area (Å²) in [6.07, 6.45) is 1.48. The largest absolute Gasteiger partial charge is 0.480 e. The average molecular weight is 289 g/mol. The fraction of sp³-hybridized carbons (Fsp3) is 0.545. The number of aliphatic carboxylic acids is 1. The molecule has 1 N–H and O–H groups in total. The van der Waals surface area contributed by atoms with Gasteiger partial charge in [0, 0.05) is 11.4 Å². The first kappa shape index (κ1) is 13.5. The van der Waals surface area contributed by atoms with Crippen molar-refractivity contribution in [2.45, 2.75) is 25.3 Å². The summed E-state index contributed by atoms with van der Waals surface area (Å²) < 4.78 is 25.4. The first-order valence-electron chi connectivity index (χ1n) is 5.75. The number of rotatable bonds is 5. The van der Waals surface area contributed by atoms with Crippen molar-refractivity contribution in [2.24, 2.45) is 0 Å². The van der Waals surface area contributed by atoms with Crippen molar-refractivity contribution in [3.8, 4) is 0 Å². The molecule has 0 spiro atoms. The van der Waals surface area contributed by atoms with Gasteiger partial charge in [0.05, 0.1) is 5.75 Å². The molecule has 2 rings (SSSR count).